The minimum Gasteiger partial charge on any atom is -0.487 e. The monoisotopic (exact) mass is 446 g/mol. The van der Waals surface area contributed by atoms with Gasteiger partial charge in [0.1, 0.15) is 29.5 Å². The molecule has 1 aliphatic rings. The van der Waals surface area contributed by atoms with E-state index >= 15 is 0 Å². The van der Waals surface area contributed by atoms with Crippen molar-refractivity contribution in [3.05, 3.63) is 78.9 Å². The minimum atomic E-state index is -0.501. The predicted octanol–water partition coefficient (Wildman–Crippen LogP) is 2.88. The quantitative estimate of drug-likeness (QED) is 0.468. The summed E-state index contributed by atoms with van der Waals surface area (Å²) in [5, 5.41) is 6.88. The van der Waals surface area contributed by atoms with Crippen LogP contribution in [0.25, 0.3) is 16.9 Å². The number of rotatable bonds is 7. The molecule has 0 aromatic carbocycles. The van der Waals surface area contributed by atoms with Gasteiger partial charge in [-0.05, 0) is 24.3 Å². The normalized spacial score (nSPS) is 15.2. The average Bonchev–Trinajstić information content (AvgIpc) is 3.50. The van der Waals surface area contributed by atoms with Crippen LogP contribution in [0.1, 0.15) is 16.8 Å². The van der Waals surface area contributed by atoms with E-state index in [9.17, 15) is 9.18 Å². The summed E-state index contributed by atoms with van der Waals surface area (Å²) < 4.78 is 21.3. The molecule has 5 heterocycles. The summed E-state index contributed by atoms with van der Waals surface area (Å²) in [6.45, 7) is 0.399. The second-order valence-corrected chi connectivity index (χ2v) is 7.44. The molecule has 0 saturated heterocycles. The maximum Gasteiger partial charge on any atom is 0.253 e. The number of carbonyl (C=O) groups excluding carboxylic acids is 1. The number of ether oxygens (including phenoxy) is 1. The lowest BCUT2D eigenvalue weighted by atomic mass is 10.1. The van der Waals surface area contributed by atoms with E-state index in [0.29, 0.717) is 34.7 Å². The van der Waals surface area contributed by atoms with Crippen LogP contribution in [0, 0.1) is 5.82 Å². The van der Waals surface area contributed by atoms with Crippen molar-refractivity contribution in [3.63, 3.8) is 0 Å². The number of pyridine rings is 3. The van der Waals surface area contributed by atoms with Crippen LogP contribution in [0.3, 0.4) is 0 Å². The number of amides is 1. The molecule has 1 aliphatic heterocycles. The standard InChI is InChI=1S/C23H19FN6O3/c24-17-8-20(22(27-11-17)15-2-1-5-25-10-15)32-14-19-9-18(29-33-19)12-28-23(31)16-3-4-21-26-6-7-30(21)13-16/h1-8,10-11,13,19H,9,12,14H2,(H,28,31). The van der Waals surface area contributed by atoms with Gasteiger partial charge in [-0.3, -0.25) is 9.78 Å². The summed E-state index contributed by atoms with van der Waals surface area (Å²) in [6, 6.07) is 8.36. The Kier molecular flexibility index (Phi) is 5.62. The highest BCUT2D eigenvalue weighted by Gasteiger charge is 2.23. The second-order valence-electron chi connectivity index (χ2n) is 7.44. The van der Waals surface area contributed by atoms with Gasteiger partial charge in [0.25, 0.3) is 5.91 Å². The van der Waals surface area contributed by atoms with Crippen LogP contribution in [-0.4, -0.2) is 50.2 Å². The van der Waals surface area contributed by atoms with Crippen LogP contribution in [0.15, 0.2) is 72.7 Å². The van der Waals surface area contributed by atoms with Crippen LogP contribution in [-0.2, 0) is 4.84 Å². The van der Waals surface area contributed by atoms with Crippen LogP contribution >= 0.6 is 0 Å². The Balaban J connectivity index is 1.15. The maximum absolute atomic E-state index is 13.8. The zero-order chi connectivity index (χ0) is 22.6. The Morgan fingerprint density at radius 2 is 2.18 bits per heavy atom. The van der Waals surface area contributed by atoms with Gasteiger partial charge in [-0.25, -0.2) is 14.4 Å². The Morgan fingerprint density at radius 1 is 1.24 bits per heavy atom. The Hall–Kier alpha value is -4.34. The van der Waals surface area contributed by atoms with Crippen molar-refractivity contribution in [2.45, 2.75) is 12.5 Å². The fourth-order valence-corrected chi connectivity index (χ4v) is 3.45. The molecule has 1 amide bonds. The molecule has 0 saturated carbocycles. The first-order valence-corrected chi connectivity index (χ1v) is 10.3. The van der Waals surface area contributed by atoms with Crippen LogP contribution in [0.5, 0.6) is 5.75 Å². The number of hydrogen-bond acceptors (Lipinski definition) is 7. The summed E-state index contributed by atoms with van der Waals surface area (Å²) in [5.41, 5.74) is 3.18. The number of carbonyl (C=O) groups is 1. The van der Waals surface area contributed by atoms with Gasteiger partial charge in [-0.15, -0.1) is 0 Å². The van der Waals surface area contributed by atoms with E-state index in [0.717, 1.165) is 11.8 Å². The zero-order valence-corrected chi connectivity index (χ0v) is 17.4. The summed E-state index contributed by atoms with van der Waals surface area (Å²) in [7, 11) is 0. The van der Waals surface area contributed by atoms with E-state index in [4.69, 9.17) is 9.57 Å². The first kappa shape index (κ1) is 20.6. The SMILES string of the molecule is O=C(NCC1=NOC(COc2cc(F)cnc2-c2cccnc2)C1)c1ccc2nccn2c1. The van der Waals surface area contributed by atoms with Crippen molar-refractivity contribution in [1.82, 2.24) is 24.7 Å². The van der Waals surface area contributed by atoms with E-state index in [2.05, 4.69) is 25.4 Å². The highest BCUT2D eigenvalue weighted by atomic mass is 19.1. The molecule has 1 N–H and O–H groups in total. The molecule has 4 aromatic rings. The Labute approximate surface area is 187 Å². The zero-order valence-electron chi connectivity index (χ0n) is 17.4. The van der Waals surface area contributed by atoms with Gasteiger partial charge >= 0.3 is 0 Å². The Bertz CT molecular complexity index is 1320. The number of nitrogens with one attached hydrogen (secondary N) is 1. The molecule has 0 fully saturated rings. The summed E-state index contributed by atoms with van der Waals surface area (Å²) in [5.74, 6) is -0.429. The van der Waals surface area contributed by atoms with E-state index in [1.165, 1.54) is 6.07 Å². The van der Waals surface area contributed by atoms with E-state index in [1.54, 1.807) is 53.6 Å². The summed E-state index contributed by atoms with van der Waals surface area (Å²) in [4.78, 5) is 30.2. The first-order valence-electron chi connectivity index (χ1n) is 10.3. The highest BCUT2D eigenvalue weighted by Crippen LogP contribution is 2.28. The van der Waals surface area contributed by atoms with Gasteiger partial charge in [-0.1, -0.05) is 5.16 Å². The molecule has 10 heteroatoms. The molecule has 5 rings (SSSR count). The van der Waals surface area contributed by atoms with Crippen molar-refractivity contribution in [1.29, 1.82) is 0 Å². The van der Waals surface area contributed by atoms with Gasteiger partial charge in [0.05, 0.1) is 24.0 Å². The highest BCUT2D eigenvalue weighted by molar-refractivity contribution is 5.98. The lowest BCUT2D eigenvalue weighted by molar-refractivity contribution is 0.0470. The minimum absolute atomic E-state index is 0.149. The van der Waals surface area contributed by atoms with Gasteiger partial charge in [0.2, 0.25) is 0 Å². The number of oxime groups is 1. The van der Waals surface area contributed by atoms with Crippen LogP contribution in [0.2, 0.25) is 0 Å². The molecule has 0 aliphatic carbocycles. The molecule has 0 bridgehead atoms. The third-order valence-corrected chi connectivity index (χ3v) is 5.08. The summed E-state index contributed by atoms with van der Waals surface area (Å²) in [6.07, 6.45) is 9.70. The van der Waals surface area contributed by atoms with Gasteiger partial charge in [0, 0.05) is 49.0 Å². The lowest BCUT2D eigenvalue weighted by Crippen LogP contribution is -2.30. The van der Waals surface area contributed by atoms with Crippen molar-refractivity contribution in [3.8, 4) is 17.0 Å². The largest absolute Gasteiger partial charge is 0.487 e. The fourth-order valence-electron chi connectivity index (χ4n) is 3.45. The lowest BCUT2D eigenvalue weighted by Gasteiger charge is -2.13. The van der Waals surface area contributed by atoms with Crippen LogP contribution < -0.4 is 10.1 Å². The molecule has 1 unspecified atom stereocenters. The second kappa shape index (κ2) is 9.03. The van der Waals surface area contributed by atoms with Gasteiger partial charge in [0.15, 0.2) is 6.10 Å². The topological polar surface area (TPSA) is 103 Å². The third-order valence-electron chi connectivity index (χ3n) is 5.08. The molecule has 4 aromatic heterocycles. The number of hydrogen-bond donors (Lipinski definition) is 1. The first-order chi connectivity index (χ1) is 16.2. The van der Waals surface area contributed by atoms with Crippen molar-refractivity contribution in [2.75, 3.05) is 13.2 Å². The van der Waals surface area contributed by atoms with E-state index < -0.39 is 5.82 Å². The summed E-state index contributed by atoms with van der Waals surface area (Å²) >= 11 is 0. The average molecular weight is 446 g/mol. The molecule has 9 nitrogen and oxygen atoms in total. The fraction of sp³-hybridized carbons (Fsp3) is 0.174. The van der Waals surface area contributed by atoms with Gasteiger partial charge < -0.3 is 19.3 Å². The molecule has 1 atom stereocenters. The molecule has 0 radical (unpaired) electrons. The number of aromatic nitrogens is 4. The molecule has 33 heavy (non-hydrogen) atoms. The predicted molar refractivity (Wildman–Crippen MR) is 117 cm³/mol. The maximum atomic E-state index is 13.8. The van der Waals surface area contributed by atoms with Crippen molar-refractivity contribution < 1.29 is 18.8 Å². The number of nitrogens with zero attached hydrogens (tertiary/aromatic N) is 5. The van der Waals surface area contributed by atoms with E-state index in [1.807, 2.05) is 6.07 Å². The third kappa shape index (κ3) is 4.64. The Morgan fingerprint density at radius 3 is 3.06 bits per heavy atom. The number of fused-ring (bicyclic) bond motifs is 1. The van der Waals surface area contributed by atoms with Crippen LogP contribution in [0.4, 0.5) is 4.39 Å². The number of halogens is 1. The molecule has 0 spiro atoms. The van der Waals surface area contributed by atoms with Crippen molar-refractivity contribution >= 4 is 17.3 Å². The van der Waals surface area contributed by atoms with Crippen molar-refractivity contribution in [2.24, 2.45) is 5.16 Å². The molecule has 166 valence electrons. The van der Waals surface area contributed by atoms with E-state index in [-0.39, 0.29) is 25.2 Å². The van der Waals surface area contributed by atoms with Gasteiger partial charge in [-0.2, -0.15) is 0 Å². The smallest absolute Gasteiger partial charge is 0.253 e. The molecular formula is C23H19FN6O3. The number of imidazole rings is 1. The molecular weight excluding hydrogens is 427 g/mol.